The van der Waals surface area contributed by atoms with Crippen LogP contribution in [0.25, 0.3) is 0 Å². The minimum Gasteiger partial charge on any atom is -0.445 e. The smallest absolute Gasteiger partial charge is 0.408 e. The van der Waals surface area contributed by atoms with Crippen molar-refractivity contribution in [2.75, 3.05) is 0 Å². The maximum atomic E-state index is 12.7. The van der Waals surface area contributed by atoms with Crippen molar-refractivity contribution in [1.29, 1.82) is 0 Å². The van der Waals surface area contributed by atoms with Crippen LogP contribution in [0, 0.1) is 0 Å². The number of carbonyl (C=O) groups excluding carboxylic acids is 2. The Morgan fingerprint density at radius 1 is 0.767 bits per heavy atom. The molecule has 0 radical (unpaired) electrons. The Morgan fingerprint density at radius 3 is 1.90 bits per heavy atom. The van der Waals surface area contributed by atoms with E-state index < -0.39 is 12.1 Å². The number of ether oxygens (including phenoxy) is 1. The van der Waals surface area contributed by atoms with Gasteiger partial charge >= 0.3 is 6.09 Å². The van der Waals surface area contributed by atoms with Crippen LogP contribution in [0.2, 0.25) is 0 Å². The number of carbonyl (C=O) groups is 2. The lowest BCUT2D eigenvalue weighted by atomic mass is 9.98. The van der Waals surface area contributed by atoms with Crippen LogP contribution in [0.5, 0.6) is 0 Å². The Kier molecular flexibility index (Phi) is 7.61. The molecule has 0 aromatic heterocycles. The van der Waals surface area contributed by atoms with Gasteiger partial charge in [-0.3, -0.25) is 4.79 Å². The zero-order chi connectivity index (χ0) is 21.2. The second kappa shape index (κ2) is 10.8. The Balaban J connectivity index is 1.58. The monoisotopic (exact) mass is 402 g/mol. The molecule has 30 heavy (non-hydrogen) atoms. The molecule has 2 amide bonds. The third-order valence-electron chi connectivity index (χ3n) is 4.74. The van der Waals surface area contributed by atoms with Gasteiger partial charge in [0.2, 0.25) is 5.91 Å². The second-order valence-corrected chi connectivity index (χ2v) is 7.09. The van der Waals surface area contributed by atoms with Crippen LogP contribution in [0.3, 0.4) is 0 Å². The van der Waals surface area contributed by atoms with Gasteiger partial charge in [-0.2, -0.15) is 0 Å². The highest BCUT2D eigenvalue weighted by atomic mass is 16.5. The molecule has 154 valence electrons. The summed E-state index contributed by atoms with van der Waals surface area (Å²) in [6, 6.07) is 28.3. The zero-order valence-corrected chi connectivity index (χ0v) is 17.0. The van der Waals surface area contributed by atoms with Gasteiger partial charge in [0.25, 0.3) is 0 Å². The van der Waals surface area contributed by atoms with Crippen molar-refractivity contribution in [2.45, 2.75) is 32.0 Å². The van der Waals surface area contributed by atoms with Gasteiger partial charge in [-0.15, -0.1) is 0 Å². The predicted molar refractivity (Wildman–Crippen MR) is 117 cm³/mol. The summed E-state index contributed by atoms with van der Waals surface area (Å²) < 4.78 is 5.20. The fourth-order valence-corrected chi connectivity index (χ4v) is 3.09. The van der Waals surface area contributed by atoms with Crippen molar-refractivity contribution in [3.8, 4) is 0 Å². The standard InChI is InChI=1S/C25H26N2O3/c1-19(26-25(29)30-18-21-13-7-3-8-14-21)24(28)27-23(22-15-9-4-10-16-22)17-20-11-5-2-6-12-20/h2-16,19,23H,17-18H2,1H3,(H,26,29)(H,27,28)/t19-,23?/m0/s1. The molecule has 0 bridgehead atoms. The van der Waals surface area contributed by atoms with Crippen molar-refractivity contribution in [2.24, 2.45) is 0 Å². The van der Waals surface area contributed by atoms with E-state index in [0.717, 1.165) is 16.7 Å². The number of benzene rings is 3. The van der Waals surface area contributed by atoms with Crippen molar-refractivity contribution >= 4 is 12.0 Å². The van der Waals surface area contributed by atoms with E-state index in [-0.39, 0.29) is 18.6 Å². The zero-order valence-electron chi connectivity index (χ0n) is 17.0. The van der Waals surface area contributed by atoms with Crippen LogP contribution in [0.15, 0.2) is 91.0 Å². The van der Waals surface area contributed by atoms with E-state index in [1.165, 1.54) is 0 Å². The molecule has 5 heteroatoms. The number of alkyl carbamates (subject to hydrolysis) is 1. The molecule has 0 aliphatic heterocycles. The van der Waals surface area contributed by atoms with Gasteiger partial charge in [-0.1, -0.05) is 91.0 Å². The van der Waals surface area contributed by atoms with Crippen molar-refractivity contribution in [3.05, 3.63) is 108 Å². The Labute approximate surface area is 177 Å². The fourth-order valence-electron chi connectivity index (χ4n) is 3.09. The Morgan fingerprint density at radius 2 is 1.30 bits per heavy atom. The van der Waals surface area contributed by atoms with E-state index in [4.69, 9.17) is 4.74 Å². The summed E-state index contributed by atoms with van der Waals surface area (Å²) in [5.74, 6) is -0.267. The van der Waals surface area contributed by atoms with Crippen LogP contribution < -0.4 is 10.6 Å². The molecule has 0 saturated heterocycles. The third-order valence-corrected chi connectivity index (χ3v) is 4.74. The first-order valence-electron chi connectivity index (χ1n) is 9.98. The molecule has 0 saturated carbocycles. The maximum absolute atomic E-state index is 12.7. The summed E-state index contributed by atoms with van der Waals surface area (Å²) in [5.41, 5.74) is 3.01. The van der Waals surface area contributed by atoms with Gasteiger partial charge in [-0.05, 0) is 30.0 Å². The molecule has 3 rings (SSSR count). The Bertz CT molecular complexity index is 930. The van der Waals surface area contributed by atoms with Gasteiger partial charge in [0, 0.05) is 0 Å². The quantitative estimate of drug-likeness (QED) is 0.587. The minimum atomic E-state index is -0.727. The summed E-state index contributed by atoms with van der Waals surface area (Å²) in [4.78, 5) is 24.8. The highest BCUT2D eigenvalue weighted by Crippen LogP contribution is 2.18. The lowest BCUT2D eigenvalue weighted by molar-refractivity contribution is -0.123. The van der Waals surface area contributed by atoms with Crippen LogP contribution in [0.4, 0.5) is 4.79 Å². The van der Waals surface area contributed by atoms with Gasteiger partial charge in [0.1, 0.15) is 12.6 Å². The number of rotatable bonds is 8. The van der Waals surface area contributed by atoms with E-state index in [9.17, 15) is 9.59 Å². The average Bonchev–Trinajstić information content (AvgIpc) is 2.79. The van der Waals surface area contributed by atoms with Crippen LogP contribution >= 0.6 is 0 Å². The SMILES string of the molecule is C[C@H](NC(=O)OCc1ccccc1)C(=O)NC(Cc1ccccc1)c1ccccc1. The predicted octanol–water partition coefficient (Wildman–Crippen LogP) is 4.40. The molecular formula is C25H26N2O3. The van der Waals surface area contributed by atoms with Gasteiger partial charge in [0.15, 0.2) is 0 Å². The van der Waals surface area contributed by atoms with E-state index in [2.05, 4.69) is 10.6 Å². The van der Waals surface area contributed by atoms with E-state index in [0.29, 0.717) is 6.42 Å². The van der Waals surface area contributed by atoms with Crippen molar-refractivity contribution < 1.29 is 14.3 Å². The topological polar surface area (TPSA) is 67.4 Å². The van der Waals surface area contributed by atoms with Crippen LogP contribution in [0.1, 0.15) is 29.7 Å². The normalized spacial score (nSPS) is 12.4. The summed E-state index contributed by atoms with van der Waals surface area (Å²) in [6.45, 7) is 1.80. The molecule has 0 heterocycles. The summed E-state index contributed by atoms with van der Waals surface area (Å²) in [6.07, 6.45) is 0.0303. The molecule has 1 unspecified atom stereocenters. The second-order valence-electron chi connectivity index (χ2n) is 7.09. The van der Waals surface area contributed by atoms with Gasteiger partial charge in [0.05, 0.1) is 6.04 Å². The Hall–Kier alpha value is -3.60. The first-order chi connectivity index (χ1) is 14.6. The number of hydrogen-bond donors (Lipinski definition) is 2. The molecule has 0 spiro atoms. The lowest BCUT2D eigenvalue weighted by Gasteiger charge is -2.22. The molecule has 3 aromatic carbocycles. The molecule has 0 fully saturated rings. The highest BCUT2D eigenvalue weighted by molar-refractivity contribution is 5.85. The molecule has 2 atom stereocenters. The van der Waals surface area contributed by atoms with Crippen LogP contribution in [-0.4, -0.2) is 18.0 Å². The lowest BCUT2D eigenvalue weighted by Crippen LogP contribution is -2.46. The van der Waals surface area contributed by atoms with E-state index in [1.807, 2.05) is 91.0 Å². The third kappa shape index (κ3) is 6.48. The maximum Gasteiger partial charge on any atom is 0.408 e. The van der Waals surface area contributed by atoms with E-state index >= 15 is 0 Å². The fraction of sp³-hybridized carbons (Fsp3) is 0.200. The van der Waals surface area contributed by atoms with Crippen molar-refractivity contribution in [1.82, 2.24) is 10.6 Å². The molecule has 0 aliphatic carbocycles. The van der Waals surface area contributed by atoms with Crippen LogP contribution in [-0.2, 0) is 22.6 Å². The van der Waals surface area contributed by atoms with Gasteiger partial charge in [-0.25, -0.2) is 4.79 Å². The molecular weight excluding hydrogens is 376 g/mol. The molecule has 3 aromatic rings. The highest BCUT2D eigenvalue weighted by Gasteiger charge is 2.21. The van der Waals surface area contributed by atoms with E-state index in [1.54, 1.807) is 6.92 Å². The molecule has 2 N–H and O–H groups in total. The average molecular weight is 402 g/mol. The van der Waals surface area contributed by atoms with Crippen molar-refractivity contribution in [3.63, 3.8) is 0 Å². The summed E-state index contributed by atoms with van der Waals surface area (Å²) in [7, 11) is 0. The minimum absolute atomic E-state index is 0.154. The number of hydrogen-bond acceptors (Lipinski definition) is 3. The summed E-state index contributed by atoms with van der Waals surface area (Å²) >= 11 is 0. The largest absolute Gasteiger partial charge is 0.445 e. The number of amides is 2. The number of nitrogens with one attached hydrogen (secondary N) is 2. The first kappa shape index (κ1) is 21.1. The van der Waals surface area contributed by atoms with Gasteiger partial charge < -0.3 is 15.4 Å². The molecule has 0 aliphatic rings. The first-order valence-corrected chi connectivity index (χ1v) is 9.98. The summed E-state index contributed by atoms with van der Waals surface area (Å²) in [5, 5.41) is 5.65. The molecule has 5 nitrogen and oxygen atoms in total.